The topological polar surface area (TPSA) is 87.7 Å². The van der Waals surface area contributed by atoms with Gasteiger partial charge in [-0.25, -0.2) is 4.39 Å². The minimum Gasteiger partial charge on any atom is -0.370 e. The first-order chi connectivity index (χ1) is 11.5. The van der Waals surface area contributed by atoms with Crippen molar-refractivity contribution < 1.29 is 23.5 Å². The number of morpholine rings is 1. The average molecular weight is 337 g/mol. The number of carbonyl (C=O) groups excluding carboxylic acids is 3. The van der Waals surface area contributed by atoms with Crippen molar-refractivity contribution in [2.24, 2.45) is 0 Å². The molecule has 1 saturated heterocycles. The Balaban J connectivity index is 1.85. The van der Waals surface area contributed by atoms with E-state index in [1.54, 1.807) is 18.2 Å². The molecule has 2 rings (SSSR count). The number of nitrogens with zero attached hydrogens (tertiary/aromatic N) is 1. The summed E-state index contributed by atoms with van der Waals surface area (Å²) in [5.41, 5.74) is 0.407. The highest BCUT2D eigenvalue weighted by Crippen LogP contribution is 2.24. The lowest BCUT2D eigenvalue weighted by Crippen LogP contribution is -2.47. The van der Waals surface area contributed by atoms with Gasteiger partial charge in [-0.15, -0.1) is 0 Å². The summed E-state index contributed by atoms with van der Waals surface area (Å²) in [5.74, 6) is -1.42. The molecule has 1 heterocycles. The number of nitrogens with one attached hydrogen (secondary N) is 2. The van der Waals surface area contributed by atoms with Crippen LogP contribution in [0.4, 0.5) is 4.39 Å². The second-order valence-electron chi connectivity index (χ2n) is 5.41. The zero-order chi connectivity index (χ0) is 17.5. The van der Waals surface area contributed by atoms with Gasteiger partial charge in [0.2, 0.25) is 17.7 Å². The van der Waals surface area contributed by atoms with Crippen LogP contribution >= 0.6 is 0 Å². The lowest BCUT2D eigenvalue weighted by molar-refractivity contribution is -0.139. The molecular weight excluding hydrogens is 317 g/mol. The Labute approximate surface area is 139 Å². The van der Waals surface area contributed by atoms with Crippen molar-refractivity contribution in [1.29, 1.82) is 0 Å². The van der Waals surface area contributed by atoms with E-state index in [2.05, 4.69) is 10.6 Å². The number of hydrogen-bond acceptors (Lipinski definition) is 4. The van der Waals surface area contributed by atoms with Gasteiger partial charge in [0, 0.05) is 19.0 Å². The molecular formula is C16H20FN3O4. The number of hydrogen-bond donors (Lipinski definition) is 2. The number of halogens is 1. The monoisotopic (exact) mass is 337 g/mol. The Morgan fingerprint density at radius 1 is 1.25 bits per heavy atom. The highest BCUT2D eigenvalue weighted by molar-refractivity contribution is 5.87. The van der Waals surface area contributed by atoms with Crippen molar-refractivity contribution in [1.82, 2.24) is 15.5 Å². The zero-order valence-corrected chi connectivity index (χ0v) is 13.4. The fraction of sp³-hybridized carbons (Fsp3) is 0.438. The molecule has 130 valence electrons. The minimum atomic E-state index is -0.529. The summed E-state index contributed by atoms with van der Waals surface area (Å²) in [6.45, 7) is 1.85. The Morgan fingerprint density at radius 2 is 2.00 bits per heavy atom. The lowest BCUT2D eigenvalue weighted by atomic mass is 10.1. The molecule has 2 N–H and O–H groups in total. The molecule has 1 aliphatic rings. The predicted molar refractivity (Wildman–Crippen MR) is 83.4 cm³/mol. The summed E-state index contributed by atoms with van der Waals surface area (Å²) in [5, 5.41) is 4.79. The normalized spacial score (nSPS) is 17.2. The van der Waals surface area contributed by atoms with Crippen LogP contribution in [0.1, 0.15) is 18.6 Å². The van der Waals surface area contributed by atoms with Gasteiger partial charge in [0.15, 0.2) is 0 Å². The molecule has 1 fully saturated rings. The maximum atomic E-state index is 13.8. The van der Waals surface area contributed by atoms with Crippen molar-refractivity contribution in [3.8, 4) is 0 Å². The highest BCUT2D eigenvalue weighted by Gasteiger charge is 2.27. The first kappa shape index (κ1) is 17.9. The number of amides is 3. The molecule has 0 saturated carbocycles. The fourth-order valence-corrected chi connectivity index (χ4v) is 2.35. The molecule has 8 heteroatoms. The summed E-state index contributed by atoms with van der Waals surface area (Å²) < 4.78 is 19.4. The van der Waals surface area contributed by atoms with Gasteiger partial charge in [0.05, 0.1) is 26.2 Å². The van der Waals surface area contributed by atoms with E-state index in [-0.39, 0.29) is 37.3 Å². The van der Waals surface area contributed by atoms with Gasteiger partial charge in [-0.1, -0.05) is 18.2 Å². The van der Waals surface area contributed by atoms with Gasteiger partial charge in [-0.05, 0) is 6.07 Å². The van der Waals surface area contributed by atoms with Crippen molar-refractivity contribution in [2.45, 2.75) is 13.0 Å². The van der Waals surface area contributed by atoms with E-state index in [0.717, 1.165) is 0 Å². The molecule has 24 heavy (non-hydrogen) atoms. The van der Waals surface area contributed by atoms with Crippen molar-refractivity contribution in [3.05, 3.63) is 35.6 Å². The molecule has 0 spiro atoms. The van der Waals surface area contributed by atoms with Gasteiger partial charge in [0.25, 0.3) is 0 Å². The zero-order valence-electron chi connectivity index (χ0n) is 13.4. The minimum absolute atomic E-state index is 0.177. The molecule has 7 nitrogen and oxygen atoms in total. The van der Waals surface area contributed by atoms with Crippen LogP contribution in [0, 0.1) is 5.82 Å². The molecule has 3 amide bonds. The molecule has 1 aromatic carbocycles. The van der Waals surface area contributed by atoms with Crippen LogP contribution < -0.4 is 10.6 Å². The molecule has 1 aliphatic heterocycles. The van der Waals surface area contributed by atoms with Gasteiger partial charge >= 0.3 is 0 Å². The third-order valence-corrected chi connectivity index (χ3v) is 3.61. The summed E-state index contributed by atoms with van der Waals surface area (Å²) in [7, 11) is 0. The van der Waals surface area contributed by atoms with Crippen LogP contribution in [-0.4, -0.2) is 55.4 Å². The van der Waals surface area contributed by atoms with E-state index in [4.69, 9.17) is 4.74 Å². The third kappa shape index (κ3) is 5.02. The van der Waals surface area contributed by atoms with E-state index in [9.17, 15) is 18.8 Å². The van der Waals surface area contributed by atoms with E-state index < -0.39 is 12.0 Å². The second-order valence-corrected chi connectivity index (χ2v) is 5.41. The standard InChI is InChI=1S/C16H20FN3O4/c1-11(21)18-8-15(22)19-9-16(23)20-6-7-24-14(10-20)12-4-2-3-5-13(12)17/h2-5,14H,6-10H2,1H3,(H,18,21)(H,19,22)/t14-/m0/s1. The molecule has 1 aromatic rings. The van der Waals surface area contributed by atoms with Crippen LogP contribution in [-0.2, 0) is 19.1 Å². The third-order valence-electron chi connectivity index (χ3n) is 3.61. The van der Waals surface area contributed by atoms with Crippen molar-refractivity contribution in [3.63, 3.8) is 0 Å². The van der Waals surface area contributed by atoms with Gasteiger partial charge in [-0.3, -0.25) is 14.4 Å². The number of ether oxygens (including phenoxy) is 1. The quantitative estimate of drug-likeness (QED) is 0.790. The maximum Gasteiger partial charge on any atom is 0.242 e. The van der Waals surface area contributed by atoms with Crippen LogP contribution in [0.2, 0.25) is 0 Å². The Bertz CT molecular complexity index is 623. The van der Waals surface area contributed by atoms with Gasteiger partial charge in [0.1, 0.15) is 11.9 Å². The first-order valence-corrected chi connectivity index (χ1v) is 7.62. The Morgan fingerprint density at radius 3 is 2.71 bits per heavy atom. The van der Waals surface area contributed by atoms with Crippen LogP contribution in [0.15, 0.2) is 24.3 Å². The molecule has 0 bridgehead atoms. The molecule has 0 aliphatic carbocycles. The van der Waals surface area contributed by atoms with Gasteiger partial charge in [-0.2, -0.15) is 0 Å². The van der Waals surface area contributed by atoms with Crippen LogP contribution in [0.5, 0.6) is 0 Å². The molecule has 0 unspecified atom stereocenters. The highest BCUT2D eigenvalue weighted by atomic mass is 19.1. The van der Waals surface area contributed by atoms with Crippen molar-refractivity contribution >= 4 is 17.7 Å². The molecule has 1 atom stereocenters. The van der Waals surface area contributed by atoms with E-state index in [1.807, 2.05) is 0 Å². The van der Waals surface area contributed by atoms with E-state index >= 15 is 0 Å². The number of benzene rings is 1. The molecule has 0 radical (unpaired) electrons. The lowest BCUT2D eigenvalue weighted by Gasteiger charge is -2.33. The van der Waals surface area contributed by atoms with E-state index in [0.29, 0.717) is 18.7 Å². The SMILES string of the molecule is CC(=O)NCC(=O)NCC(=O)N1CCO[C@H](c2ccccc2F)C1. The van der Waals surface area contributed by atoms with Crippen LogP contribution in [0.25, 0.3) is 0 Å². The molecule has 0 aromatic heterocycles. The van der Waals surface area contributed by atoms with Gasteiger partial charge < -0.3 is 20.3 Å². The number of carbonyl (C=O) groups is 3. The predicted octanol–water partition coefficient (Wildman–Crippen LogP) is -0.0221. The second kappa shape index (κ2) is 8.39. The summed E-state index contributed by atoms with van der Waals surface area (Å²) in [6.07, 6.45) is -0.529. The van der Waals surface area contributed by atoms with Crippen molar-refractivity contribution in [2.75, 3.05) is 32.8 Å². The summed E-state index contributed by atoms with van der Waals surface area (Å²) in [4.78, 5) is 35.9. The maximum absolute atomic E-state index is 13.8. The Hall–Kier alpha value is -2.48. The Kier molecular flexibility index (Phi) is 6.25. The van der Waals surface area contributed by atoms with E-state index in [1.165, 1.54) is 17.9 Å². The summed E-state index contributed by atoms with van der Waals surface area (Å²) in [6, 6.07) is 6.28. The largest absolute Gasteiger partial charge is 0.370 e. The first-order valence-electron chi connectivity index (χ1n) is 7.62. The number of rotatable bonds is 5. The average Bonchev–Trinajstić information content (AvgIpc) is 2.58. The summed E-state index contributed by atoms with van der Waals surface area (Å²) >= 11 is 0. The smallest absolute Gasteiger partial charge is 0.242 e. The fourth-order valence-electron chi connectivity index (χ4n) is 2.35. The van der Waals surface area contributed by atoms with Crippen LogP contribution in [0.3, 0.4) is 0 Å².